The lowest BCUT2D eigenvalue weighted by Crippen LogP contribution is -2.51. The largest absolute Gasteiger partial charge is 0.458 e. The van der Waals surface area contributed by atoms with Gasteiger partial charge in [0.1, 0.15) is 18.5 Å². The molecule has 0 radical (unpaired) electrons. The van der Waals surface area contributed by atoms with Gasteiger partial charge in [-0.3, -0.25) is 48.1 Å². The fourth-order valence-corrected chi connectivity index (χ4v) is 10.2. The Bertz CT molecular complexity index is 3040. The van der Waals surface area contributed by atoms with Gasteiger partial charge in [0, 0.05) is 60.7 Å². The second kappa shape index (κ2) is 23.1. The summed E-state index contributed by atoms with van der Waals surface area (Å²) in [5.41, 5.74) is 2.37. The second-order valence-electron chi connectivity index (χ2n) is 19.3. The van der Waals surface area contributed by atoms with Gasteiger partial charge in [-0.05, 0) is 87.5 Å². The van der Waals surface area contributed by atoms with Crippen molar-refractivity contribution in [2.45, 2.75) is 122 Å². The average Bonchev–Trinajstić information content (AvgIpc) is 3.98. The Morgan fingerprint density at radius 3 is 2.32 bits per heavy atom. The molecule has 7 N–H and O–H groups in total. The molecule has 2 aliphatic carbocycles. The van der Waals surface area contributed by atoms with Crippen LogP contribution in [-0.2, 0) is 73.1 Å². The highest BCUT2D eigenvalue weighted by molar-refractivity contribution is 6.12. The number of pyridine rings is 2. The lowest BCUT2D eigenvalue weighted by atomic mass is 9.81. The van der Waals surface area contributed by atoms with E-state index in [0.717, 1.165) is 22.5 Å². The van der Waals surface area contributed by atoms with Crippen LogP contribution >= 0.6 is 0 Å². The fourth-order valence-electron chi connectivity index (χ4n) is 10.2. The SMILES string of the molecule is CC[C@@]1(O)C(=O)OCc2c1cc1n(c2=O)Cc2c-1nc1cc(F)c(C)c3c1c2[C@@H](NC(=O)CCCNC(=O)CNC(=O)C(CC1=CC=CCC1)NC(=O)CNC(=O)CNC(=O)CCCCCN1C(=O)C=CC1=O)CC3. The van der Waals surface area contributed by atoms with E-state index in [1.807, 2.05) is 18.2 Å². The number of carbonyl (C=O) groups is 9. The van der Waals surface area contributed by atoms with Crippen molar-refractivity contribution in [2.75, 3.05) is 32.7 Å². The van der Waals surface area contributed by atoms with Crippen molar-refractivity contribution in [1.29, 1.82) is 0 Å². The van der Waals surface area contributed by atoms with Gasteiger partial charge in [0.2, 0.25) is 35.4 Å². The van der Waals surface area contributed by atoms with Crippen LogP contribution in [0.15, 0.2) is 52.9 Å². The van der Waals surface area contributed by atoms with Crippen molar-refractivity contribution in [3.63, 3.8) is 0 Å². The van der Waals surface area contributed by atoms with E-state index in [0.29, 0.717) is 77.5 Å². The molecular formula is C53H60FN9O12. The Labute approximate surface area is 430 Å². The number of nitrogens with one attached hydrogen (secondary N) is 6. The molecule has 8 rings (SSSR count). The summed E-state index contributed by atoms with van der Waals surface area (Å²) in [6.45, 7) is 2.13. The third-order valence-corrected chi connectivity index (χ3v) is 14.3. The Morgan fingerprint density at radius 2 is 1.57 bits per heavy atom. The van der Waals surface area contributed by atoms with Crippen LogP contribution in [0.3, 0.4) is 0 Å². The van der Waals surface area contributed by atoms with Gasteiger partial charge in [-0.1, -0.05) is 37.1 Å². The molecule has 3 aliphatic heterocycles. The second-order valence-corrected chi connectivity index (χ2v) is 19.3. The maximum Gasteiger partial charge on any atom is 0.343 e. The predicted octanol–water partition coefficient (Wildman–Crippen LogP) is 1.51. The number of aryl methyl sites for hydroxylation is 1. The van der Waals surface area contributed by atoms with Crippen molar-refractivity contribution in [3.8, 4) is 11.4 Å². The molecule has 0 fully saturated rings. The highest BCUT2D eigenvalue weighted by atomic mass is 19.1. The molecule has 8 amide bonds. The highest BCUT2D eigenvalue weighted by Gasteiger charge is 2.46. The summed E-state index contributed by atoms with van der Waals surface area (Å²) in [6, 6.07) is 1.29. The van der Waals surface area contributed by atoms with Crippen LogP contribution in [-0.4, -0.2) is 112 Å². The Hall–Kier alpha value is -7.88. The Morgan fingerprint density at radius 1 is 0.853 bits per heavy atom. The molecule has 396 valence electrons. The topological polar surface area (TPSA) is 293 Å². The van der Waals surface area contributed by atoms with Crippen molar-refractivity contribution >= 4 is 64.1 Å². The normalized spacial score (nSPS) is 18.3. The zero-order valence-electron chi connectivity index (χ0n) is 41.8. The number of esters is 1. The third-order valence-electron chi connectivity index (χ3n) is 14.3. The zero-order valence-corrected chi connectivity index (χ0v) is 41.8. The number of fused-ring (bicyclic) bond motifs is 5. The maximum atomic E-state index is 15.4. The summed E-state index contributed by atoms with van der Waals surface area (Å²) in [5, 5.41) is 28.0. The van der Waals surface area contributed by atoms with Crippen molar-refractivity contribution in [3.05, 3.63) is 97.6 Å². The van der Waals surface area contributed by atoms with E-state index in [-0.39, 0.29) is 99.6 Å². The smallest absolute Gasteiger partial charge is 0.343 e. The van der Waals surface area contributed by atoms with E-state index in [4.69, 9.17) is 9.72 Å². The number of amides is 8. The van der Waals surface area contributed by atoms with Crippen LogP contribution in [0, 0.1) is 12.7 Å². The molecule has 0 saturated carbocycles. The molecule has 0 spiro atoms. The number of benzene rings is 1. The maximum absolute atomic E-state index is 15.4. The van der Waals surface area contributed by atoms with Crippen LogP contribution in [0.25, 0.3) is 22.3 Å². The van der Waals surface area contributed by atoms with E-state index >= 15 is 4.39 Å². The van der Waals surface area contributed by atoms with Crippen molar-refractivity contribution in [1.82, 2.24) is 46.4 Å². The molecule has 3 aromatic rings. The minimum Gasteiger partial charge on any atom is -0.458 e. The molecule has 5 heterocycles. The monoisotopic (exact) mass is 1030 g/mol. The van der Waals surface area contributed by atoms with E-state index in [9.17, 15) is 53.1 Å². The van der Waals surface area contributed by atoms with E-state index in [1.54, 1.807) is 19.9 Å². The molecule has 75 heavy (non-hydrogen) atoms. The zero-order chi connectivity index (χ0) is 53.6. The van der Waals surface area contributed by atoms with Gasteiger partial charge in [0.15, 0.2) is 5.60 Å². The van der Waals surface area contributed by atoms with Gasteiger partial charge >= 0.3 is 5.97 Å². The number of aliphatic hydroxyl groups is 1. The quantitative estimate of drug-likeness (QED) is 0.0334. The molecule has 0 bridgehead atoms. The van der Waals surface area contributed by atoms with Crippen LogP contribution < -0.4 is 37.5 Å². The molecular weight excluding hydrogens is 974 g/mol. The summed E-state index contributed by atoms with van der Waals surface area (Å²) >= 11 is 0. The first-order valence-corrected chi connectivity index (χ1v) is 25.3. The number of unbranched alkanes of at least 4 members (excludes halogenated alkanes) is 2. The Balaban J connectivity index is 0.803. The number of hydrogen-bond acceptors (Lipinski definition) is 13. The minimum absolute atomic E-state index is 0.0125. The molecule has 1 unspecified atom stereocenters. The molecule has 2 aromatic heterocycles. The minimum atomic E-state index is -2.04. The first-order chi connectivity index (χ1) is 36.0. The number of halogens is 1. The summed E-state index contributed by atoms with van der Waals surface area (Å²) in [6.07, 6.45) is 12.4. The van der Waals surface area contributed by atoms with Crippen LogP contribution in [0.4, 0.5) is 4.39 Å². The number of allylic oxidation sites excluding steroid dienone is 3. The number of ether oxygens (including phenoxy) is 1. The van der Waals surface area contributed by atoms with Gasteiger partial charge in [-0.2, -0.15) is 0 Å². The van der Waals surface area contributed by atoms with Gasteiger partial charge in [0.25, 0.3) is 17.4 Å². The summed E-state index contributed by atoms with van der Waals surface area (Å²) in [4.78, 5) is 134. The standard InChI is InChI=1S/C53H60FN9O12/c1-3-53(74)34-22-39-49-32(27-63(39)51(72)33(34)28-75-52(53)73)48-36(16-15-31-29(2)35(54)23-37(61-49)47(31)48)59-41(65)14-10-19-55-42(66)25-58-50(71)38(21-30-11-6-4-7-12-30)60-44(68)26-57-43(67)24-56-40(64)13-8-5-9-20-62-45(69)17-18-46(62)70/h4,6,11,17-18,22-23,36,38,74H,3,5,7-10,12-16,19-21,24-28H2,1-2H3,(H,55,66)(H,56,64)(H,57,67)(H,58,71)(H,59,65)(H,60,68)/t36-,38?,53-/m0/s1. The van der Waals surface area contributed by atoms with Gasteiger partial charge in [0.05, 0.1) is 54.7 Å². The van der Waals surface area contributed by atoms with Crippen molar-refractivity contribution in [2.24, 2.45) is 0 Å². The lowest BCUT2D eigenvalue weighted by molar-refractivity contribution is -0.172. The number of imide groups is 1. The molecule has 0 saturated heterocycles. The predicted molar refractivity (Wildman–Crippen MR) is 267 cm³/mol. The number of cyclic esters (lactones) is 1. The number of hydrogen-bond donors (Lipinski definition) is 7. The van der Waals surface area contributed by atoms with Gasteiger partial charge in [-0.25, -0.2) is 14.2 Å². The molecule has 21 nitrogen and oxygen atoms in total. The number of carbonyl (C=O) groups excluding carboxylic acids is 9. The fraction of sp³-hybridized carbons (Fsp3) is 0.453. The molecule has 1 aromatic carbocycles. The first kappa shape index (κ1) is 53.4. The summed E-state index contributed by atoms with van der Waals surface area (Å²) < 4.78 is 22.1. The molecule has 5 aliphatic rings. The average molecular weight is 1030 g/mol. The van der Waals surface area contributed by atoms with Crippen LogP contribution in [0.2, 0.25) is 0 Å². The lowest BCUT2D eigenvalue weighted by Gasteiger charge is -2.31. The number of rotatable bonds is 22. The van der Waals surface area contributed by atoms with E-state index < -0.39 is 71.7 Å². The van der Waals surface area contributed by atoms with Gasteiger partial charge in [-0.15, -0.1) is 0 Å². The first-order valence-electron chi connectivity index (χ1n) is 25.3. The highest BCUT2D eigenvalue weighted by Crippen LogP contribution is 2.46. The van der Waals surface area contributed by atoms with E-state index in [1.165, 1.54) is 22.8 Å². The van der Waals surface area contributed by atoms with Crippen LogP contribution in [0.1, 0.15) is 117 Å². The molecule has 22 heteroatoms. The Kier molecular flexibility index (Phi) is 16.5. The van der Waals surface area contributed by atoms with Gasteiger partial charge < -0.3 is 46.3 Å². The van der Waals surface area contributed by atoms with Crippen LogP contribution in [0.5, 0.6) is 0 Å². The van der Waals surface area contributed by atoms with Crippen molar-refractivity contribution < 1.29 is 57.4 Å². The molecule has 3 atom stereocenters. The summed E-state index contributed by atoms with van der Waals surface area (Å²) in [5.74, 6) is -5.22. The van der Waals surface area contributed by atoms with E-state index in [2.05, 4.69) is 31.9 Å². The summed E-state index contributed by atoms with van der Waals surface area (Å²) in [7, 11) is 0. The third kappa shape index (κ3) is 11.7. The number of aromatic nitrogens is 2. The number of nitrogens with zero attached hydrogens (tertiary/aromatic N) is 3.